The first-order valence-electron chi connectivity index (χ1n) is 5.95. The summed E-state index contributed by atoms with van der Waals surface area (Å²) in [5, 5.41) is 32.8. The van der Waals surface area contributed by atoms with Gasteiger partial charge in [-0.15, -0.1) is 0 Å². The Labute approximate surface area is 114 Å². The number of nitrogens with two attached hydrogens (primary N) is 1. The fraction of sp³-hybridized carbons (Fsp3) is 0.636. The number of primary amides is 1. The minimum Gasteiger partial charge on any atom is -0.492 e. The van der Waals surface area contributed by atoms with Gasteiger partial charge in [0.05, 0.1) is 13.7 Å². The molecule has 0 aliphatic carbocycles. The van der Waals surface area contributed by atoms with E-state index in [0.717, 1.165) is 0 Å². The van der Waals surface area contributed by atoms with Crippen molar-refractivity contribution in [2.45, 2.75) is 24.4 Å². The van der Waals surface area contributed by atoms with E-state index in [-0.39, 0.29) is 17.1 Å². The molecule has 1 aliphatic heterocycles. The second kappa shape index (κ2) is 5.37. The lowest BCUT2D eigenvalue weighted by atomic mass is 10.1. The third kappa shape index (κ3) is 2.14. The van der Waals surface area contributed by atoms with Crippen molar-refractivity contribution in [3.05, 3.63) is 11.4 Å². The molecule has 0 radical (unpaired) electrons. The Morgan fingerprint density at radius 1 is 1.50 bits per heavy atom. The van der Waals surface area contributed by atoms with E-state index in [2.05, 4.69) is 5.10 Å². The van der Waals surface area contributed by atoms with Crippen LogP contribution in [0, 0.1) is 0 Å². The Kier molecular flexibility index (Phi) is 3.95. The van der Waals surface area contributed by atoms with Crippen LogP contribution in [0.2, 0.25) is 0 Å². The molecule has 1 aliphatic rings. The van der Waals surface area contributed by atoms with Crippen LogP contribution in [0.4, 0.5) is 0 Å². The number of nitrogens with zero attached hydrogens (tertiary/aromatic N) is 2. The normalized spacial score (nSPS) is 29.6. The van der Waals surface area contributed by atoms with Crippen molar-refractivity contribution in [1.82, 2.24) is 9.78 Å². The molecule has 1 amide bonds. The van der Waals surface area contributed by atoms with Gasteiger partial charge in [0.2, 0.25) is 0 Å². The summed E-state index contributed by atoms with van der Waals surface area (Å²) in [6.07, 6.45) is -4.50. The number of aliphatic hydroxyl groups is 3. The Morgan fingerprint density at radius 3 is 2.60 bits per heavy atom. The molecule has 0 spiro atoms. The maximum atomic E-state index is 11.4. The highest BCUT2D eigenvalue weighted by atomic mass is 16.6. The number of ether oxygens (including phenoxy) is 2. The van der Waals surface area contributed by atoms with Crippen molar-refractivity contribution in [2.24, 2.45) is 12.8 Å². The smallest absolute Gasteiger partial charge is 0.270 e. The molecule has 112 valence electrons. The van der Waals surface area contributed by atoms with Crippen molar-refractivity contribution in [2.75, 3.05) is 13.7 Å². The van der Waals surface area contributed by atoms with Crippen LogP contribution in [-0.2, 0) is 11.8 Å². The van der Waals surface area contributed by atoms with Gasteiger partial charge in [-0.25, -0.2) is 0 Å². The highest BCUT2D eigenvalue weighted by Crippen LogP contribution is 2.38. The van der Waals surface area contributed by atoms with Gasteiger partial charge in [-0.05, 0) is 0 Å². The third-order valence-electron chi connectivity index (χ3n) is 3.28. The third-order valence-corrected chi connectivity index (χ3v) is 3.28. The quantitative estimate of drug-likeness (QED) is 0.487. The summed E-state index contributed by atoms with van der Waals surface area (Å²) in [4.78, 5) is 11.4. The Hall–Kier alpha value is -1.68. The van der Waals surface area contributed by atoms with E-state index in [1.807, 2.05) is 0 Å². The van der Waals surface area contributed by atoms with Crippen LogP contribution in [-0.4, -0.2) is 63.0 Å². The van der Waals surface area contributed by atoms with Gasteiger partial charge in [0.25, 0.3) is 5.91 Å². The average Bonchev–Trinajstić information content (AvgIpc) is 2.88. The zero-order chi connectivity index (χ0) is 15.0. The Balaban J connectivity index is 2.44. The maximum Gasteiger partial charge on any atom is 0.270 e. The molecule has 2 rings (SSSR count). The monoisotopic (exact) mass is 287 g/mol. The molecule has 0 aromatic carbocycles. The zero-order valence-electron chi connectivity index (χ0n) is 11.1. The molecule has 5 N–H and O–H groups in total. The minimum absolute atomic E-state index is 0.0280. The number of aryl methyl sites for hydroxylation is 1. The lowest BCUT2D eigenvalue weighted by molar-refractivity contribution is -0.0246. The van der Waals surface area contributed by atoms with Gasteiger partial charge < -0.3 is 30.5 Å². The fourth-order valence-electron chi connectivity index (χ4n) is 2.31. The Morgan fingerprint density at radius 2 is 2.15 bits per heavy atom. The van der Waals surface area contributed by atoms with Crippen molar-refractivity contribution in [3.63, 3.8) is 0 Å². The van der Waals surface area contributed by atoms with E-state index in [4.69, 9.17) is 20.3 Å². The molecule has 20 heavy (non-hydrogen) atoms. The first kappa shape index (κ1) is 14.7. The summed E-state index contributed by atoms with van der Waals surface area (Å²) in [6, 6.07) is 0. The number of amides is 1. The van der Waals surface area contributed by atoms with Crippen molar-refractivity contribution >= 4 is 5.91 Å². The topological polar surface area (TPSA) is 140 Å². The number of hydrogen-bond donors (Lipinski definition) is 4. The van der Waals surface area contributed by atoms with Crippen LogP contribution in [0.3, 0.4) is 0 Å². The van der Waals surface area contributed by atoms with Crippen molar-refractivity contribution in [3.8, 4) is 5.75 Å². The predicted molar refractivity (Wildman–Crippen MR) is 65.0 cm³/mol. The molecule has 0 saturated carbocycles. The van der Waals surface area contributed by atoms with Crippen LogP contribution >= 0.6 is 0 Å². The van der Waals surface area contributed by atoms with E-state index in [1.165, 1.54) is 18.8 Å². The van der Waals surface area contributed by atoms with Crippen molar-refractivity contribution < 1.29 is 29.6 Å². The lowest BCUT2D eigenvalue weighted by Crippen LogP contribution is -2.32. The summed E-state index contributed by atoms with van der Waals surface area (Å²) in [5.74, 6) is -0.662. The van der Waals surface area contributed by atoms with Gasteiger partial charge in [0, 0.05) is 7.05 Å². The maximum absolute atomic E-state index is 11.4. The second-order valence-electron chi connectivity index (χ2n) is 4.51. The van der Waals surface area contributed by atoms with Gasteiger partial charge in [-0.2, -0.15) is 5.10 Å². The number of rotatable bonds is 4. The largest absolute Gasteiger partial charge is 0.492 e. The number of carbonyl (C=O) groups excluding carboxylic acids is 1. The summed E-state index contributed by atoms with van der Waals surface area (Å²) in [5.41, 5.74) is 5.42. The van der Waals surface area contributed by atoms with Gasteiger partial charge >= 0.3 is 0 Å². The number of carbonyl (C=O) groups is 1. The summed E-state index contributed by atoms with van der Waals surface area (Å²) in [7, 11) is 2.82. The minimum atomic E-state index is -1.29. The number of methoxy groups -OCH3 is 1. The van der Waals surface area contributed by atoms with E-state index >= 15 is 0 Å². The van der Waals surface area contributed by atoms with Crippen molar-refractivity contribution in [1.29, 1.82) is 0 Å². The van der Waals surface area contributed by atoms with Gasteiger partial charge in [0.1, 0.15) is 30.1 Å². The lowest BCUT2D eigenvalue weighted by Gasteiger charge is -2.13. The van der Waals surface area contributed by atoms with Crippen LogP contribution in [0.5, 0.6) is 5.75 Å². The molecular formula is C11H17N3O6. The summed E-state index contributed by atoms with van der Waals surface area (Å²) in [6.45, 7) is -0.452. The van der Waals surface area contributed by atoms with Crippen LogP contribution in [0.15, 0.2) is 0 Å². The molecule has 9 heteroatoms. The molecule has 2 heterocycles. The average molecular weight is 287 g/mol. The molecular weight excluding hydrogens is 270 g/mol. The van der Waals surface area contributed by atoms with Crippen LogP contribution in [0.25, 0.3) is 0 Å². The first-order chi connectivity index (χ1) is 9.42. The Bertz CT molecular complexity index is 517. The molecule has 1 aromatic rings. The number of hydrogen-bond acceptors (Lipinski definition) is 7. The first-order valence-corrected chi connectivity index (χ1v) is 5.95. The molecule has 0 bridgehead atoms. The van der Waals surface area contributed by atoms with Gasteiger partial charge in [-0.3, -0.25) is 9.48 Å². The molecule has 0 unspecified atom stereocenters. The summed E-state index contributed by atoms with van der Waals surface area (Å²) < 4.78 is 11.7. The molecule has 4 atom stereocenters. The zero-order valence-corrected chi connectivity index (χ0v) is 11.1. The van der Waals surface area contributed by atoms with Gasteiger partial charge in [-0.1, -0.05) is 0 Å². The fourth-order valence-corrected chi connectivity index (χ4v) is 2.31. The van der Waals surface area contributed by atoms with E-state index in [9.17, 15) is 15.0 Å². The van der Waals surface area contributed by atoms with E-state index in [0.29, 0.717) is 0 Å². The standard InChI is InChI=1S/C11H17N3O6/c1-14-6(11(12)18)9(19-2)5(13-14)10-8(17)7(16)4(3-15)20-10/h4,7-8,10,15-17H,3H2,1-2H3,(H2,12,18)/t4-,7-,8-,10+/m1/s1. The second-order valence-corrected chi connectivity index (χ2v) is 4.51. The summed E-state index contributed by atoms with van der Waals surface area (Å²) >= 11 is 0. The molecule has 9 nitrogen and oxygen atoms in total. The number of aromatic nitrogens is 2. The van der Waals surface area contributed by atoms with Crippen LogP contribution < -0.4 is 10.5 Å². The SMILES string of the molecule is COc1c([C@@H]2O[C@H](CO)[C@@H](O)[C@H]2O)nn(C)c1C(N)=O. The highest BCUT2D eigenvalue weighted by Gasteiger charge is 2.46. The molecule has 1 fully saturated rings. The van der Waals surface area contributed by atoms with E-state index in [1.54, 1.807) is 0 Å². The highest BCUT2D eigenvalue weighted by molar-refractivity contribution is 5.94. The molecule has 1 saturated heterocycles. The van der Waals surface area contributed by atoms with Crippen LogP contribution in [0.1, 0.15) is 22.3 Å². The van der Waals surface area contributed by atoms with Gasteiger partial charge in [0.15, 0.2) is 11.4 Å². The molecule has 1 aromatic heterocycles. The van der Waals surface area contributed by atoms with E-state index < -0.39 is 36.9 Å². The predicted octanol–water partition coefficient (Wildman–Crippen LogP) is -2.32. The number of aliphatic hydroxyl groups excluding tert-OH is 3.